The summed E-state index contributed by atoms with van der Waals surface area (Å²) in [5.41, 5.74) is 2.45. The summed E-state index contributed by atoms with van der Waals surface area (Å²) >= 11 is 0.632. The molecule has 0 spiro atoms. The molecule has 0 aliphatic rings. The lowest BCUT2D eigenvalue weighted by molar-refractivity contribution is -0.133. The number of carbonyl (C=O) groups is 3. The van der Waals surface area contributed by atoms with Crippen molar-refractivity contribution >= 4 is 41.0 Å². The van der Waals surface area contributed by atoms with E-state index in [4.69, 9.17) is 18.9 Å². The summed E-state index contributed by atoms with van der Waals surface area (Å²) in [6.45, 7) is 1.50. The molecule has 2 amide bonds. The zero-order chi connectivity index (χ0) is 28.4. The van der Waals surface area contributed by atoms with Crippen molar-refractivity contribution in [2.24, 2.45) is 0 Å². The fourth-order valence-corrected chi connectivity index (χ4v) is 4.40. The van der Waals surface area contributed by atoms with E-state index in [2.05, 4.69) is 0 Å². The van der Waals surface area contributed by atoms with Gasteiger partial charge in [-0.25, -0.2) is 4.79 Å². The van der Waals surface area contributed by atoms with E-state index in [0.29, 0.717) is 51.5 Å². The molecule has 1 unspecified atom stereocenters. The van der Waals surface area contributed by atoms with Crippen molar-refractivity contribution in [3.8, 4) is 23.0 Å². The quantitative estimate of drug-likeness (QED) is 0.111. The number of hydrogen-bond donors (Lipinski definition) is 2. The second kappa shape index (κ2) is 13.5. The number of carbonyl (C=O) groups excluding carboxylic acids is 3. The molecule has 204 valence electrons. The van der Waals surface area contributed by atoms with Gasteiger partial charge in [0.15, 0.2) is 0 Å². The SMILES string of the molecule is COC(=O)/C(=C/c1cc(OC)cc(OC)c1)c1ccc(Oc2ccc(CC(C)(O)SC(=O)NC=O)cc2)cc1. The van der Waals surface area contributed by atoms with E-state index >= 15 is 0 Å². The Kier molecular flexibility index (Phi) is 10.1. The summed E-state index contributed by atoms with van der Waals surface area (Å²) < 4.78 is 21.6. The molecule has 39 heavy (non-hydrogen) atoms. The van der Waals surface area contributed by atoms with E-state index in [1.807, 2.05) is 5.32 Å². The number of esters is 1. The first-order valence-electron chi connectivity index (χ1n) is 11.7. The van der Waals surface area contributed by atoms with Crippen molar-refractivity contribution < 1.29 is 38.4 Å². The normalized spacial score (nSPS) is 12.6. The van der Waals surface area contributed by atoms with E-state index < -0.39 is 16.1 Å². The molecule has 0 aliphatic carbocycles. The first kappa shape index (κ1) is 29.3. The molecule has 0 saturated carbocycles. The number of amides is 2. The molecule has 10 heteroatoms. The smallest absolute Gasteiger partial charge is 0.338 e. The van der Waals surface area contributed by atoms with Gasteiger partial charge in [0.2, 0.25) is 6.41 Å². The van der Waals surface area contributed by atoms with E-state index in [-0.39, 0.29) is 12.8 Å². The summed E-state index contributed by atoms with van der Waals surface area (Å²) in [5.74, 6) is 1.78. The maximum absolute atomic E-state index is 12.6. The van der Waals surface area contributed by atoms with Gasteiger partial charge >= 0.3 is 5.97 Å². The molecular formula is C29H29NO8S. The predicted molar refractivity (Wildman–Crippen MR) is 149 cm³/mol. The Labute approximate surface area is 230 Å². The first-order valence-corrected chi connectivity index (χ1v) is 12.5. The zero-order valence-corrected chi connectivity index (χ0v) is 22.7. The highest BCUT2D eigenvalue weighted by Crippen LogP contribution is 2.30. The van der Waals surface area contributed by atoms with Crippen molar-refractivity contribution in [3.05, 3.63) is 83.4 Å². The minimum Gasteiger partial charge on any atom is -0.497 e. The van der Waals surface area contributed by atoms with Crippen LogP contribution in [0.5, 0.6) is 23.0 Å². The number of ether oxygens (including phenoxy) is 4. The van der Waals surface area contributed by atoms with E-state index in [1.165, 1.54) is 14.0 Å². The van der Waals surface area contributed by atoms with Gasteiger partial charge in [0.1, 0.15) is 27.9 Å². The lowest BCUT2D eigenvalue weighted by Gasteiger charge is -2.21. The summed E-state index contributed by atoms with van der Waals surface area (Å²) in [6.07, 6.45) is 2.15. The van der Waals surface area contributed by atoms with Crippen LogP contribution >= 0.6 is 11.8 Å². The molecule has 1 atom stereocenters. The molecule has 0 radical (unpaired) electrons. The number of benzene rings is 3. The lowest BCUT2D eigenvalue weighted by Crippen LogP contribution is -2.29. The van der Waals surface area contributed by atoms with Crippen molar-refractivity contribution in [2.45, 2.75) is 18.3 Å². The standard InChI is InChI=1S/C29H29NO8S/c1-29(34,39-28(33)30-18-31)17-19-5-9-22(10-6-19)38-23-11-7-21(8-12-23)26(27(32)37-4)15-20-13-24(35-2)16-25(14-20)36-3/h5-16,18,34H,17H2,1-4H3,(H,30,31,33)/b26-15+. The lowest BCUT2D eigenvalue weighted by atomic mass is 10.0. The van der Waals surface area contributed by atoms with Crippen LogP contribution in [0.3, 0.4) is 0 Å². The molecule has 0 aliphatic heterocycles. The van der Waals surface area contributed by atoms with Crippen LogP contribution in [0.2, 0.25) is 0 Å². The van der Waals surface area contributed by atoms with Gasteiger partial charge in [0, 0.05) is 12.5 Å². The molecule has 3 aromatic rings. The van der Waals surface area contributed by atoms with Crippen molar-refractivity contribution in [3.63, 3.8) is 0 Å². The Hall–Kier alpha value is -4.28. The molecule has 9 nitrogen and oxygen atoms in total. The molecule has 0 heterocycles. The Morgan fingerprint density at radius 1 is 0.897 bits per heavy atom. The maximum atomic E-state index is 12.6. The first-order chi connectivity index (χ1) is 18.7. The second-order valence-corrected chi connectivity index (χ2v) is 9.92. The highest BCUT2D eigenvalue weighted by atomic mass is 32.2. The minimum atomic E-state index is -1.40. The maximum Gasteiger partial charge on any atom is 0.338 e. The van der Waals surface area contributed by atoms with Crippen LogP contribution in [0.1, 0.15) is 23.6 Å². The Balaban J connectivity index is 1.74. The van der Waals surface area contributed by atoms with Gasteiger partial charge in [-0.2, -0.15) is 0 Å². The third-order valence-corrected chi connectivity index (χ3v) is 6.32. The zero-order valence-electron chi connectivity index (χ0n) is 21.9. The van der Waals surface area contributed by atoms with Gasteiger partial charge in [0.25, 0.3) is 5.24 Å². The number of rotatable bonds is 11. The molecule has 3 rings (SSSR count). The summed E-state index contributed by atoms with van der Waals surface area (Å²) in [5, 5.41) is 11.8. The van der Waals surface area contributed by atoms with Crippen molar-refractivity contribution in [1.82, 2.24) is 5.32 Å². The van der Waals surface area contributed by atoms with Crippen LogP contribution in [-0.2, 0) is 20.7 Å². The summed E-state index contributed by atoms with van der Waals surface area (Å²) in [7, 11) is 4.42. The number of thioether (sulfide) groups is 1. The monoisotopic (exact) mass is 551 g/mol. The van der Waals surface area contributed by atoms with Crippen molar-refractivity contribution in [2.75, 3.05) is 21.3 Å². The van der Waals surface area contributed by atoms with Gasteiger partial charge in [-0.05, 0) is 77.9 Å². The third-order valence-electron chi connectivity index (χ3n) is 5.44. The molecule has 0 aromatic heterocycles. The highest BCUT2D eigenvalue weighted by Gasteiger charge is 2.25. The highest BCUT2D eigenvalue weighted by molar-refractivity contribution is 8.14. The second-order valence-electron chi connectivity index (χ2n) is 8.47. The third kappa shape index (κ3) is 8.62. The van der Waals surface area contributed by atoms with Crippen LogP contribution in [0.25, 0.3) is 11.6 Å². The number of nitrogens with one attached hydrogen (secondary N) is 1. The van der Waals surface area contributed by atoms with Crippen LogP contribution in [0.4, 0.5) is 4.79 Å². The van der Waals surface area contributed by atoms with Crippen LogP contribution in [-0.4, -0.2) is 49.0 Å². The summed E-state index contributed by atoms with van der Waals surface area (Å²) in [4.78, 5) is 33.1. The van der Waals surface area contributed by atoms with Gasteiger partial charge < -0.3 is 24.1 Å². The van der Waals surface area contributed by atoms with Crippen LogP contribution < -0.4 is 19.5 Å². The molecule has 3 aromatic carbocycles. The van der Waals surface area contributed by atoms with Gasteiger partial charge in [-0.3, -0.25) is 14.9 Å². The van der Waals surface area contributed by atoms with E-state index in [1.54, 1.807) is 87.0 Å². The number of methoxy groups -OCH3 is 3. The van der Waals surface area contributed by atoms with Gasteiger partial charge in [-0.15, -0.1) is 0 Å². The van der Waals surface area contributed by atoms with Gasteiger partial charge in [0.05, 0.1) is 26.9 Å². The molecular weight excluding hydrogens is 522 g/mol. The molecule has 0 saturated heterocycles. The topological polar surface area (TPSA) is 120 Å². The van der Waals surface area contributed by atoms with Crippen LogP contribution in [0.15, 0.2) is 66.7 Å². The average molecular weight is 552 g/mol. The van der Waals surface area contributed by atoms with E-state index in [9.17, 15) is 19.5 Å². The number of aliphatic hydroxyl groups is 1. The molecule has 2 N–H and O–H groups in total. The largest absolute Gasteiger partial charge is 0.497 e. The Morgan fingerprint density at radius 3 is 1.97 bits per heavy atom. The number of hydrogen-bond acceptors (Lipinski definition) is 9. The fraction of sp³-hybridized carbons (Fsp3) is 0.207. The Morgan fingerprint density at radius 2 is 1.46 bits per heavy atom. The summed E-state index contributed by atoms with van der Waals surface area (Å²) in [6, 6.07) is 19.3. The predicted octanol–water partition coefficient (Wildman–Crippen LogP) is 5.06. The van der Waals surface area contributed by atoms with Crippen LogP contribution in [0, 0.1) is 0 Å². The minimum absolute atomic E-state index is 0.181. The number of imide groups is 1. The fourth-order valence-electron chi connectivity index (χ4n) is 3.66. The van der Waals surface area contributed by atoms with E-state index in [0.717, 1.165) is 5.56 Å². The van der Waals surface area contributed by atoms with Crippen molar-refractivity contribution in [1.29, 1.82) is 0 Å². The van der Waals surface area contributed by atoms with Gasteiger partial charge in [-0.1, -0.05) is 24.3 Å². The average Bonchev–Trinajstić information content (AvgIpc) is 2.92. The Bertz CT molecular complexity index is 1310. The molecule has 0 fully saturated rings. The molecule has 0 bridgehead atoms.